The van der Waals surface area contributed by atoms with Gasteiger partial charge in [0.1, 0.15) is 0 Å². The van der Waals surface area contributed by atoms with Gasteiger partial charge in [0.2, 0.25) is 5.95 Å². The number of rotatable bonds is 5. The van der Waals surface area contributed by atoms with Gasteiger partial charge in [0, 0.05) is 17.8 Å². The van der Waals surface area contributed by atoms with Crippen LogP contribution < -0.4 is 5.32 Å². The van der Waals surface area contributed by atoms with E-state index in [9.17, 15) is 0 Å². The Morgan fingerprint density at radius 3 is 2.65 bits per heavy atom. The monoisotopic (exact) mass is 269 g/mol. The lowest BCUT2D eigenvalue weighted by molar-refractivity contribution is 0.647. The van der Waals surface area contributed by atoms with E-state index >= 15 is 0 Å². The summed E-state index contributed by atoms with van der Waals surface area (Å²) < 4.78 is 0. The van der Waals surface area contributed by atoms with Gasteiger partial charge < -0.3 is 5.32 Å². The van der Waals surface area contributed by atoms with Crippen LogP contribution in [0.5, 0.6) is 0 Å². The Bertz CT molecular complexity index is 576. The molecule has 1 N–H and O–H groups in total. The third-order valence-corrected chi connectivity index (χ3v) is 3.06. The average Bonchev–Trinajstić information content (AvgIpc) is 2.38. The standard InChI is InChI=1S/C17H23N3/c1-5-18-17-19-13(4)10-16(20-17)15-8-6-7-14(11-15)9-12(2)3/h6-8,10-12H,5,9H2,1-4H3,(H,18,19,20). The Kier molecular flexibility index (Phi) is 4.72. The van der Waals surface area contributed by atoms with Gasteiger partial charge in [0.15, 0.2) is 0 Å². The fourth-order valence-corrected chi connectivity index (χ4v) is 2.28. The number of nitrogens with one attached hydrogen (secondary N) is 1. The molecular formula is C17H23N3. The van der Waals surface area contributed by atoms with Crippen molar-refractivity contribution in [3.63, 3.8) is 0 Å². The summed E-state index contributed by atoms with van der Waals surface area (Å²) >= 11 is 0. The zero-order valence-electron chi connectivity index (χ0n) is 12.8. The molecule has 0 fully saturated rings. The predicted octanol–water partition coefficient (Wildman–Crippen LogP) is 4.08. The Morgan fingerprint density at radius 1 is 1.15 bits per heavy atom. The zero-order chi connectivity index (χ0) is 14.5. The van der Waals surface area contributed by atoms with Gasteiger partial charge in [-0.3, -0.25) is 0 Å². The topological polar surface area (TPSA) is 37.8 Å². The van der Waals surface area contributed by atoms with Crippen molar-refractivity contribution in [3.8, 4) is 11.3 Å². The number of aromatic nitrogens is 2. The van der Waals surface area contributed by atoms with E-state index in [-0.39, 0.29) is 0 Å². The molecule has 1 aromatic carbocycles. The van der Waals surface area contributed by atoms with Gasteiger partial charge in [-0.1, -0.05) is 32.0 Å². The van der Waals surface area contributed by atoms with Crippen molar-refractivity contribution in [2.24, 2.45) is 5.92 Å². The van der Waals surface area contributed by atoms with Crippen LogP contribution in [0.4, 0.5) is 5.95 Å². The molecule has 0 aliphatic carbocycles. The van der Waals surface area contributed by atoms with Crippen molar-refractivity contribution in [2.45, 2.75) is 34.1 Å². The molecule has 20 heavy (non-hydrogen) atoms. The lowest BCUT2D eigenvalue weighted by atomic mass is 10.00. The first-order chi connectivity index (χ1) is 9.58. The van der Waals surface area contributed by atoms with Crippen LogP contribution in [0.3, 0.4) is 0 Å². The normalized spacial score (nSPS) is 10.8. The maximum atomic E-state index is 4.59. The minimum atomic E-state index is 0.662. The molecule has 3 nitrogen and oxygen atoms in total. The highest BCUT2D eigenvalue weighted by atomic mass is 15.1. The summed E-state index contributed by atoms with van der Waals surface area (Å²) in [5.74, 6) is 1.37. The van der Waals surface area contributed by atoms with E-state index in [0.717, 1.165) is 29.9 Å². The maximum absolute atomic E-state index is 4.59. The maximum Gasteiger partial charge on any atom is 0.223 e. The molecule has 2 rings (SSSR count). The third-order valence-electron chi connectivity index (χ3n) is 3.06. The van der Waals surface area contributed by atoms with E-state index in [1.165, 1.54) is 5.56 Å². The Morgan fingerprint density at radius 2 is 1.95 bits per heavy atom. The van der Waals surface area contributed by atoms with Crippen molar-refractivity contribution in [1.29, 1.82) is 0 Å². The van der Waals surface area contributed by atoms with Gasteiger partial charge in [0.05, 0.1) is 5.69 Å². The largest absolute Gasteiger partial charge is 0.354 e. The van der Waals surface area contributed by atoms with Gasteiger partial charge in [-0.2, -0.15) is 0 Å². The molecule has 0 saturated heterocycles. The SMILES string of the molecule is CCNc1nc(C)cc(-c2cccc(CC(C)C)c2)n1. The lowest BCUT2D eigenvalue weighted by Crippen LogP contribution is -2.04. The molecule has 0 bridgehead atoms. The van der Waals surface area contributed by atoms with Crippen molar-refractivity contribution >= 4 is 5.95 Å². The van der Waals surface area contributed by atoms with E-state index in [2.05, 4.69) is 60.3 Å². The minimum Gasteiger partial charge on any atom is -0.354 e. The van der Waals surface area contributed by atoms with E-state index < -0.39 is 0 Å². The predicted molar refractivity (Wildman–Crippen MR) is 84.9 cm³/mol. The number of anilines is 1. The van der Waals surface area contributed by atoms with Crippen molar-refractivity contribution in [3.05, 3.63) is 41.6 Å². The first-order valence-corrected chi connectivity index (χ1v) is 7.27. The first-order valence-electron chi connectivity index (χ1n) is 7.27. The zero-order valence-corrected chi connectivity index (χ0v) is 12.8. The molecule has 0 radical (unpaired) electrons. The van der Waals surface area contributed by atoms with Crippen molar-refractivity contribution in [2.75, 3.05) is 11.9 Å². The van der Waals surface area contributed by atoms with E-state index in [1.807, 2.05) is 13.0 Å². The molecule has 0 unspecified atom stereocenters. The van der Waals surface area contributed by atoms with Crippen LogP contribution in [0.2, 0.25) is 0 Å². The summed E-state index contributed by atoms with van der Waals surface area (Å²) in [5, 5.41) is 3.18. The first kappa shape index (κ1) is 14.5. The second kappa shape index (κ2) is 6.51. The Labute approximate surface area is 121 Å². The number of hydrogen-bond acceptors (Lipinski definition) is 3. The van der Waals surface area contributed by atoms with Gasteiger partial charge in [0.25, 0.3) is 0 Å². The molecule has 0 aliphatic heterocycles. The molecular weight excluding hydrogens is 246 g/mol. The third kappa shape index (κ3) is 3.80. The van der Waals surface area contributed by atoms with E-state index in [4.69, 9.17) is 0 Å². The summed E-state index contributed by atoms with van der Waals surface area (Å²) in [6.45, 7) is 9.37. The van der Waals surface area contributed by atoms with Crippen LogP contribution >= 0.6 is 0 Å². The van der Waals surface area contributed by atoms with Crippen LogP contribution in [0.1, 0.15) is 32.0 Å². The van der Waals surface area contributed by atoms with Gasteiger partial charge in [-0.05, 0) is 43.9 Å². The highest BCUT2D eigenvalue weighted by Crippen LogP contribution is 2.21. The van der Waals surface area contributed by atoms with Crippen LogP contribution in [0.15, 0.2) is 30.3 Å². The lowest BCUT2D eigenvalue weighted by Gasteiger charge is -2.09. The van der Waals surface area contributed by atoms with Crippen molar-refractivity contribution in [1.82, 2.24) is 9.97 Å². The molecule has 1 heterocycles. The molecule has 0 spiro atoms. The Hall–Kier alpha value is -1.90. The summed E-state index contributed by atoms with van der Waals surface area (Å²) in [5.41, 5.74) is 4.49. The molecule has 0 saturated carbocycles. The van der Waals surface area contributed by atoms with Crippen molar-refractivity contribution < 1.29 is 0 Å². The molecule has 3 heteroatoms. The van der Waals surface area contributed by atoms with Crippen LogP contribution in [-0.4, -0.2) is 16.5 Å². The van der Waals surface area contributed by atoms with E-state index in [0.29, 0.717) is 11.9 Å². The molecule has 0 amide bonds. The summed E-state index contributed by atoms with van der Waals surface area (Å²) in [6.07, 6.45) is 1.10. The smallest absolute Gasteiger partial charge is 0.223 e. The molecule has 1 aromatic heterocycles. The molecule has 0 atom stereocenters. The molecule has 2 aromatic rings. The second-order valence-electron chi connectivity index (χ2n) is 5.55. The molecule has 0 aliphatic rings. The number of benzene rings is 1. The number of aryl methyl sites for hydroxylation is 1. The van der Waals surface area contributed by atoms with Crippen LogP contribution in [0, 0.1) is 12.8 Å². The van der Waals surface area contributed by atoms with Crippen LogP contribution in [0.25, 0.3) is 11.3 Å². The Balaban J connectivity index is 2.35. The number of nitrogens with zero attached hydrogens (tertiary/aromatic N) is 2. The van der Waals surface area contributed by atoms with Gasteiger partial charge in [-0.15, -0.1) is 0 Å². The highest BCUT2D eigenvalue weighted by Gasteiger charge is 2.06. The fourth-order valence-electron chi connectivity index (χ4n) is 2.28. The highest BCUT2D eigenvalue weighted by molar-refractivity contribution is 5.61. The number of hydrogen-bond donors (Lipinski definition) is 1. The summed E-state index contributed by atoms with van der Waals surface area (Å²) in [7, 11) is 0. The second-order valence-corrected chi connectivity index (χ2v) is 5.55. The summed E-state index contributed by atoms with van der Waals surface area (Å²) in [6, 6.07) is 10.7. The summed E-state index contributed by atoms with van der Waals surface area (Å²) in [4.78, 5) is 8.99. The van der Waals surface area contributed by atoms with Gasteiger partial charge >= 0.3 is 0 Å². The van der Waals surface area contributed by atoms with Gasteiger partial charge in [-0.25, -0.2) is 9.97 Å². The fraction of sp³-hybridized carbons (Fsp3) is 0.412. The van der Waals surface area contributed by atoms with E-state index in [1.54, 1.807) is 0 Å². The minimum absolute atomic E-state index is 0.662. The average molecular weight is 269 g/mol. The quantitative estimate of drug-likeness (QED) is 0.888. The molecule has 106 valence electrons. The van der Waals surface area contributed by atoms with Crippen LogP contribution in [-0.2, 0) is 6.42 Å².